The summed E-state index contributed by atoms with van der Waals surface area (Å²) in [5.41, 5.74) is 8.99. The SMILES string of the molecule is NC(CO)c1cncn1-c1ccc(N2CCCC2)cc1. The molecule has 5 heteroatoms. The summed E-state index contributed by atoms with van der Waals surface area (Å²) >= 11 is 0. The normalized spacial score (nSPS) is 16.6. The van der Waals surface area contributed by atoms with Gasteiger partial charge in [-0.1, -0.05) is 0 Å². The predicted molar refractivity (Wildman–Crippen MR) is 79.0 cm³/mol. The number of aliphatic hydroxyl groups excluding tert-OH is 1. The van der Waals surface area contributed by atoms with Crippen LogP contribution in [-0.2, 0) is 0 Å². The van der Waals surface area contributed by atoms with Gasteiger partial charge in [-0.15, -0.1) is 0 Å². The van der Waals surface area contributed by atoms with Crippen molar-refractivity contribution in [3.8, 4) is 5.69 Å². The molecule has 20 heavy (non-hydrogen) atoms. The summed E-state index contributed by atoms with van der Waals surface area (Å²) in [6, 6.07) is 8.01. The van der Waals surface area contributed by atoms with Gasteiger partial charge in [-0.2, -0.15) is 0 Å². The van der Waals surface area contributed by atoms with Gasteiger partial charge in [-0.3, -0.25) is 0 Å². The zero-order valence-corrected chi connectivity index (χ0v) is 11.4. The third-order valence-corrected chi connectivity index (χ3v) is 3.84. The first-order valence-corrected chi connectivity index (χ1v) is 7.03. The molecule has 5 nitrogen and oxygen atoms in total. The Labute approximate surface area is 118 Å². The molecule has 3 N–H and O–H groups in total. The summed E-state index contributed by atoms with van der Waals surface area (Å²) in [6.07, 6.45) is 5.99. The third kappa shape index (κ3) is 2.42. The highest BCUT2D eigenvalue weighted by Gasteiger charge is 2.14. The zero-order chi connectivity index (χ0) is 13.9. The Hall–Kier alpha value is -1.85. The van der Waals surface area contributed by atoms with Crippen molar-refractivity contribution in [1.29, 1.82) is 0 Å². The van der Waals surface area contributed by atoms with Crippen molar-refractivity contribution in [3.05, 3.63) is 42.5 Å². The zero-order valence-electron chi connectivity index (χ0n) is 11.4. The van der Waals surface area contributed by atoms with Crippen LogP contribution in [0.25, 0.3) is 5.69 Å². The van der Waals surface area contributed by atoms with Gasteiger partial charge < -0.3 is 20.3 Å². The molecule has 0 amide bonds. The van der Waals surface area contributed by atoms with E-state index in [1.165, 1.54) is 18.5 Å². The molecule has 1 aromatic carbocycles. The molecule has 0 bridgehead atoms. The number of imidazole rings is 1. The van der Waals surface area contributed by atoms with E-state index in [9.17, 15) is 5.11 Å². The van der Waals surface area contributed by atoms with Crippen molar-refractivity contribution in [1.82, 2.24) is 9.55 Å². The van der Waals surface area contributed by atoms with Crippen LogP contribution in [0.1, 0.15) is 24.6 Å². The highest BCUT2D eigenvalue weighted by Crippen LogP contribution is 2.23. The third-order valence-electron chi connectivity index (χ3n) is 3.84. The number of nitrogens with zero attached hydrogens (tertiary/aromatic N) is 3. The molecule has 106 valence electrons. The van der Waals surface area contributed by atoms with Gasteiger partial charge in [-0.25, -0.2) is 4.98 Å². The summed E-state index contributed by atoms with van der Waals surface area (Å²) < 4.78 is 1.93. The van der Waals surface area contributed by atoms with Crippen LogP contribution in [0.15, 0.2) is 36.8 Å². The van der Waals surface area contributed by atoms with Crippen molar-refractivity contribution in [2.24, 2.45) is 5.73 Å². The van der Waals surface area contributed by atoms with Gasteiger partial charge in [0.1, 0.15) is 0 Å². The molecule has 1 aliphatic rings. The average Bonchev–Trinajstić information content (AvgIpc) is 3.17. The molecular weight excluding hydrogens is 252 g/mol. The van der Waals surface area contributed by atoms with Crippen molar-refractivity contribution < 1.29 is 5.11 Å². The second kappa shape index (κ2) is 5.64. The molecule has 0 spiro atoms. The van der Waals surface area contributed by atoms with E-state index in [1.807, 2.05) is 4.57 Å². The first kappa shape index (κ1) is 13.1. The molecule has 2 aromatic rings. The number of aromatic nitrogens is 2. The quantitative estimate of drug-likeness (QED) is 0.884. The predicted octanol–water partition coefficient (Wildman–Crippen LogP) is 1.46. The molecule has 1 saturated heterocycles. The summed E-state index contributed by atoms with van der Waals surface area (Å²) in [5.74, 6) is 0. The second-order valence-corrected chi connectivity index (χ2v) is 5.19. The topological polar surface area (TPSA) is 67.3 Å². The summed E-state index contributed by atoms with van der Waals surface area (Å²) in [4.78, 5) is 6.53. The average molecular weight is 272 g/mol. The fourth-order valence-corrected chi connectivity index (χ4v) is 2.69. The van der Waals surface area contributed by atoms with Gasteiger partial charge in [0.2, 0.25) is 0 Å². The van der Waals surface area contributed by atoms with Crippen LogP contribution in [0.4, 0.5) is 5.69 Å². The summed E-state index contributed by atoms with van der Waals surface area (Å²) in [7, 11) is 0. The van der Waals surface area contributed by atoms with E-state index in [-0.39, 0.29) is 6.61 Å². The first-order chi connectivity index (χ1) is 9.79. The largest absolute Gasteiger partial charge is 0.394 e. The Morgan fingerprint density at radius 1 is 1.15 bits per heavy atom. The first-order valence-electron chi connectivity index (χ1n) is 7.03. The number of benzene rings is 1. The molecule has 1 atom stereocenters. The fourth-order valence-electron chi connectivity index (χ4n) is 2.69. The van der Waals surface area contributed by atoms with Crippen LogP contribution in [-0.4, -0.2) is 34.4 Å². The Bertz CT molecular complexity index is 558. The smallest absolute Gasteiger partial charge is 0.0994 e. The maximum Gasteiger partial charge on any atom is 0.0994 e. The lowest BCUT2D eigenvalue weighted by Gasteiger charge is -2.18. The molecule has 1 unspecified atom stereocenters. The number of anilines is 1. The monoisotopic (exact) mass is 272 g/mol. The van der Waals surface area contributed by atoms with Gasteiger partial charge in [0.25, 0.3) is 0 Å². The standard InChI is InChI=1S/C15H20N4O/c16-14(10-20)15-9-17-11-19(15)13-5-3-12(4-6-13)18-7-1-2-8-18/h3-6,9,11,14,20H,1-2,7-8,10,16H2. The second-order valence-electron chi connectivity index (χ2n) is 5.19. The molecular formula is C15H20N4O. The lowest BCUT2D eigenvalue weighted by molar-refractivity contribution is 0.265. The summed E-state index contributed by atoms with van der Waals surface area (Å²) in [5, 5.41) is 9.19. The van der Waals surface area contributed by atoms with E-state index in [4.69, 9.17) is 5.73 Å². The summed E-state index contributed by atoms with van der Waals surface area (Å²) in [6.45, 7) is 2.20. The molecule has 3 rings (SSSR count). The van der Waals surface area contributed by atoms with Crippen LogP contribution >= 0.6 is 0 Å². The molecule has 0 aliphatic carbocycles. The van der Waals surface area contributed by atoms with E-state index in [1.54, 1.807) is 12.5 Å². The lowest BCUT2D eigenvalue weighted by Crippen LogP contribution is -2.18. The Kier molecular flexibility index (Phi) is 3.71. The number of hydrogen-bond acceptors (Lipinski definition) is 4. The Morgan fingerprint density at radius 2 is 1.80 bits per heavy atom. The van der Waals surface area contributed by atoms with E-state index < -0.39 is 6.04 Å². The van der Waals surface area contributed by atoms with E-state index in [2.05, 4.69) is 34.1 Å². The minimum Gasteiger partial charge on any atom is -0.394 e. The number of aliphatic hydroxyl groups is 1. The van der Waals surface area contributed by atoms with Gasteiger partial charge in [0.15, 0.2) is 0 Å². The number of nitrogens with two attached hydrogens (primary N) is 1. The molecule has 2 heterocycles. The van der Waals surface area contributed by atoms with Crippen molar-refractivity contribution in [2.45, 2.75) is 18.9 Å². The van der Waals surface area contributed by atoms with Crippen molar-refractivity contribution in [2.75, 3.05) is 24.6 Å². The van der Waals surface area contributed by atoms with E-state index in [0.29, 0.717) is 0 Å². The molecule has 0 radical (unpaired) electrons. The maximum atomic E-state index is 9.19. The van der Waals surface area contributed by atoms with E-state index >= 15 is 0 Å². The Balaban J connectivity index is 1.86. The number of rotatable bonds is 4. The van der Waals surface area contributed by atoms with Crippen LogP contribution in [0.5, 0.6) is 0 Å². The maximum absolute atomic E-state index is 9.19. The van der Waals surface area contributed by atoms with Crippen LogP contribution < -0.4 is 10.6 Å². The van der Waals surface area contributed by atoms with Gasteiger partial charge in [0.05, 0.1) is 30.9 Å². The molecule has 0 saturated carbocycles. The highest BCUT2D eigenvalue weighted by molar-refractivity contribution is 5.51. The minimum absolute atomic E-state index is 0.0858. The van der Waals surface area contributed by atoms with Gasteiger partial charge >= 0.3 is 0 Å². The Morgan fingerprint density at radius 3 is 2.45 bits per heavy atom. The van der Waals surface area contributed by atoms with Crippen LogP contribution in [0.2, 0.25) is 0 Å². The molecule has 1 aliphatic heterocycles. The van der Waals surface area contributed by atoms with Crippen LogP contribution in [0, 0.1) is 0 Å². The van der Waals surface area contributed by atoms with Gasteiger partial charge in [0, 0.05) is 24.5 Å². The molecule has 1 fully saturated rings. The van der Waals surface area contributed by atoms with Crippen molar-refractivity contribution >= 4 is 5.69 Å². The highest BCUT2D eigenvalue weighted by atomic mass is 16.3. The molecule has 1 aromatic heterocycles. The van der Waals surface area contributed by atoms with Gasteiger partial charge in [-0.05, 0) is 37.1 Å². The minimum atomic E-state index is -0.407. The fraction of sp³-hybridized carbons (Fsp3) is 0.400. The van der Waals surface area contributed by atoms with Crippen molar-refractivity contribution in [3.63, 3.8) is 0 Å². The lowest BCUT2D eigenvalue weighted by atomic mass is 10.2. The number of hydrogen-bond donors (Lipinski definition) is 2. The van der Waals surface area contributed by atoms with E-state index in [0.717, 1.165) is 24.5 Å². The van der Waals surface area contributed by atoms with Crippen LogP contribution in [0.3, 0.4) is 0 Å².